The van der Waals surface area contributed by atoms with Crippen LogP contribution in [0.2, 0.25) is 0 Å². The van der Waals surface area contributed by atoms with Gasteiger partial charge in [-0.25, -0.2) is 9.97 Å². The highest BCUT2D eigenvalue weighted by molar-refractivity contribution is 7.20. The molecule has 1 aliphatic heterocycles. The van der Waals surface area contributed by atoms with Crippen LogP contribution in [-0.2, 0) is 11.3 Å². The Labute approximate surface area is 153 Å². The van der Waals surface area contributed by atoms with Crippen LogP contribution in [0.3, 0.4) is 0 Å². The third-order valence-electron chi connectivity index (χ3n) is 4.45. The van der Waals surface area contributed by atoms with Gasteiger partial charge in [-0.15, -0.1) is 11.3 Å². The van der Waals surface area contributed by atoms with Crippen molar-refractivity contribution in [1.82, 2.24) is 14.5 Å². The molecule has 1 amide bonds. The number of aromatic nitrogens is 3. The molecule has 0 saturated carbocycles. The first-order valence-electron chi connectivity index (χ1n) is 8.46. The Morgan fingerprint density at radius 1 is 1.42 bits per heavy atom. The fourth-order valence-corrected chi connectivity index (χ4v) is 4.16. The van der Waals surface area contributed by atoms with E-state index in [9.17, 15) is 9.59 Å². The summed E-state index contributed by atoms with van der Waals surface area (Å²) in [5, 5.41) is 3.26. The van der Waals surface area contributed by atoms with Gasteiger partial charge in [0.2, 0.25) is 0 Å². The summed E-state index contributed by atoms with van der Waals surface area (Å²) in [4.78, 5) is 35.0. The van der Waals surface area contributed by atoms with Gasteiger partial charge in [0.25, 0.3) is 11.5 Å². The van der Waals surface area contributed by atoms with Gasteiger partial charge >= 0.3 is 0 Å². The van der Waals surface area contributed by atoms with Crippen molar-refractivity contribution in [2.24, 2.45) is 0 Å². The Bertz CT molecular complexity index is 1010. The number of anilines is 1. The van der Waals surface area contributed by atoms with Crippen molar-refractivity contribution in [2.75, 3.05) is 11.9 Å². The quantitative estimate of drug-likeness (QED) is 0.763. The maximum Gasteiger partial charge on any atom is 0.267 e. The Morgan fingerprint density at radius 2 is 2.31 bits per heavy atom. The highest BCUT2D eigenvalue weighted by atomic mass is 32.1. The van der Waals surface area contributed by atoms with E-state index >= 15 is 0 Å². The molecule has 1 saturated heterocycles. The van der Waals surface area contributed by atoms with Gasteiger partial charge in [-0.3, -0.25) is 14.2 Å². The molecule has 1 aliphatic rings. The molecule has 134 valence electrons. The summed E-state index contributed by atoms with van der Waals surface area (Å²) in [6.45, 7) is 3.02. The highest BCUT2D eigenvalue weighted by Gasteiger charge is 2.22. The number of amides is 1. The average Bonchev–Trinajstić information content (AvgIpc) is 3.26. The molecule has 1 unspecified atom stereocenters. The molecular weight excluding hydrogens is 352 g/mol. The zero-order valence-corrected chi connectivity index (χ0v) is 15.1. The lowest BCUT2D eigenvalue weighted by molar-refractivity contribution is 0.0960. The number of fused-ring (bicyclic) bond motifs is 1. The number of pyridine rings is 1. The van der Waals surface area contributed by atoms with Crippen LogP contribution in [0.1, 0.15) is 28.1 Å². The number of carbonyl (C=O) groups excluding carboxylic acids is 1. The van der Waals surface area contributed by atoms with Gasteiger partial charge in [-0.1, -0.05) is 6.07 Å². The lowest BCUT2D eigenvalue weighted by Crippen LogP contribution is -2.26. The van der Waals surface area contributed by atoms with Crippen LogP contribution >= 0.6 is 11.3 Å². The average molecular weight is 370 g/mol. The van der Waals surface area contributed by atoms with Crippen LogP contribution < -0.4 is 10.9 Å². The molecule has 4 heterocycles. The van der Waals surface area contributed by atoms with Crippen LogP contribution in [0, 0.1) is 6.92 Å². The molecule has 0 bridgehead atoms. The molecule has 26 heavy (non-hydrogen) atoms. The number of nitrogens with one attached hydrogen (secondary N) is 1. The monoisotopic (exact) mass is 370 g/mol. The second-order valence-electron chi connectivity index (χ2n) is 6.24. The first-order valence-corrected chi connectivity index (χ1v) is 9.27. The van der Waals surface area contributed by atoms with Crippen molar-refractivity contribution in [2.45, 2.75) is 32.4 Å². The van der Waals surface area contributed by atoms with E-state index in [0.717, 1.165) is 19.4 Å². The van der Waals surface area contributed by atoms with Gasteiger partial charge in [0.15, 0.2) is 0 Å². The van der Waals surface area contributed by atoms with E-state index < -0.39 is 0 Å². The highest BCUT2D eigenvalue weighted by Crippen LogP contribution is 2.27. The Kier molecular flexibility index (Phi) is 4.52. The minimum absolute atomic E-state index is 0.0535. The van der Waals surface area contributed by atoms with E-state index in [1.807, 2.05) is 0 Å². The molecule has 0 aromatic carbocycles. The molecule has 7 nitrogen and oxygen atoms in total. The van der Waals surface area contributed by atoms with E-state index in [4.69, 9.17) is 4.74 Å². The number of nitrogens with zero attached hydrogens (tertiary/aromatic N) is 3. The molecule has 8 heteroatoms. The number of ether oxygens (including phenoxy) is 1. The fourth-order valence-electron chi connectivity index (χ4n) is 3.12. The Morgan fingerprint density at radius 3 is 3.04 bits per heavy atom. The van der Waals surface area contributed by atoms with E-state index in [1.54, 1.807) is 42.2 Å². The van der Waals surface area contributed by atoms with Gasteiger partial charge < -0.3 is 10.1 Å². The predicted octanol–water partition coefficient (Wildman–Crippen LogP) is 2.59. The second-order valence-corrected chi connectivity index (χ2v) is 7.24. The van der Waals surface area contributed by atoms with Crippen LogP contribution in [-0.4, -0.2) is 33.2 Å². The zero-order valence-electron chi connectivity index (χ0n) is 14.3. The van der Waals surface area contributed by atoms with Crippen LogP contribution in [0.5, 0.6) is 0 Å². The van der Waals surface area contributed by atoms with Gasteiger partial charge in [-0.05, 0) is 37.5 Å². The van der Waals surface area contributed by atoms with Crippen molar-refractivity contribution in [3.63, 3.8) is 0 Å². The summed E-state index contributed by atoms with van der Waals surface area (Å²) >= 11 is 1.22. The molecule has 1 atom stereocenters. The third-order valence-corrected chi connectivity index (χ3v) is 5.65. The Balaban J connectivity index is 1.66. The first kappa shape index (κ1) is 16.9. The number of hydrogen-bond donors (Lipinski definition) is 1. The van der Waals surface area contributed by atoms with Crippen LogP contribution in [0.25, 0.3) is 10.2 Å². The summed E-state index contributed by atoms with van der Waals surface area (Å²) in [7, 11) is 0. The summed E-state index contributed by atoms with van der Waals surface area (Å²) in [6, 6.07) is 5.29. The summed E-state index contributed by atoms with van der Waals surface area (Å²) < 4.78 is 7.19. The molecule has 0 spiro atoms. The summed E-state index contributed by atoms with van der Waals surface area (Å²) in [5.41, 5.74) is 0.522. The minimum atomic E-state index is -0.283. The third kappa shape index (κ3) is 3.13. The fraction of sp³-hybridized carbons (Fsp3) is 0.333. The topological polar surface area (TPSA) is 86.1 Å². The van der Waals surface area contributed by atoms with Crippen molar-refractivity contribution in [1.29, 1.82) is 0 Å². The summed E-state index contributed by atoms with van der Waals surface area (Å²) in [6.07, 6.45) is 5.18. The largest absolute Gasteiger partial charge is 0.376 e. The number of aryl methyl sites for hydroxylation is 1. The van der Waals surface area contributed by atoms with Gasteiger partial charge in [-0.2, -0.15) is 0 Å². The molecular formula is C18H18N4O3S. The van der Waals surface area contributed by atoms with E-state index in [0.29, 0.717) is 33.0 Å². The van der Waals surface area contributed by atoms with E-state index in [-0.39, 0.29) is 17.6 Å². The molecule has 3 aromatic rings. The first-order chi connectivity index (χ1) is 12.6. The standard InChI is InChI=1S/C18H18N4O3S/c1-11-14-17(20-10-22(18(14)24)9-12-5-4-8-25-12)26-15(11)16(23)21-13-6-2-3-7-19-13/h2-3,6-7,10,12H,4-5,8-9H2,1H3,(H,19,21,23). The minimum Gasteiger partial charge on any atom is -0.376 e. The van der Waals surface area contributed by atoms with Crippen LogP contribution in [0.15, 0.2) is 35.5 Å². The zero-order chi connectivity index (χ0) is 18.1. The lowest BCUT2D eigenvalue weighted by Gasteiger charge is -2.11. The molecule has 4 rings (SSSR count). The van der Waals surface area contributed by atoms with E-state index in [2.05, 4.69) is 15.3 Å². The Hall–Kier alpha value is -2.58. The summed E-state index contributed by atoms with van der Waals surface area (Å²) in [5.74, 6) is 0.187. The van der Waals surface area contributed by atoms with Crippen molar-refractivity contribution in [3.05, 3.63) is 51.5 Å². The van der Waals surface area contributed by atoms with Gasteiger partial charge in [0.1, 0.15) is 10.6 Å². The normalized spacial score (nSPS) is 16.9. The number of carbonyl (C=O) groups is 1. The maximum absolute atomic E-state index is 12.9. The van der Waals surface area contributed by atoms with Crippen molar-refractivity contribution in [3.8, 4) is 0 Å². The molecule has 3 aromatic heterocycles. The lowest BCUT2D eigenvalue weighted by atomic mass is 10.2. The van der Waals surface area contributed by atoms with Crippen molar-refractivity contribution >= 4 is 33.3 Å². The van der Waals surface area contributed by atoms with Crippen molar-refractivity contribution < 1.29 is 9.53 Å². The number of rotatable bonds is 4. The van der Waals surface area contributed by atoms with Crippen LogP contribution in [0.4, 0.5) is 5.82 Å². The molecule has 1 fully saturated rings. The second kappa shape index (κ2) is 6.97. The number of thiophene rings is 1. The van der Waals surface area contributed by atoms with E-state index in [1.165, 1.54) is 11.3 Å². The predicted molar refractivity (Wildman–Crippen MR) is 99.8 cm³/mol. The molecule has 0 aliphatic carbocycles. The SMILES string of the molecule is Cc1c(C(=O)Nc2ccccn2)sc2ncn(CC3CCCO3)c(=O)c12. The van der Waals surface area contributed by atoms with Gasteiger partial charge in [0.05, 0.1) is 29.2 Å². The molecule has 1 N–H and O–H groups in total. The number of hydrogen-bond acceptors (Lipinski definition) is 6. The maximum atomic E-state index is 12.9. The molecule has 0 radical (unpaired) electrons. The smallest absolute Gasteiger partial charge is 0.267 e. The van der Waals surface area contributed by atoms with Gasteiger partial charge in [0, 0.05) is 12.8 Å².